The summed E-state index contributed by atoms with van der Waals surface area (Å²) in [4.78, 5) is 9.94. The third kappa shape index (κ3) is 2.84. The van der Waals surface area contributed by atoms with Gasteiger partial charge in [0.05, 0.1) is 22.5 Å². The summed E-state index contributed by atoms with van der Waals surface area (Å²) >= 11 is 0. The monoisotopic (exact) mass is 361 g/mol. The van der Waals surface area contributed by atoms with E-state index < -0.39 is 47.5 Å². The number of fused-ring (bicyclic) bond motifs is 1. The van der Waals surface area contributed by atoms with Crippen molar-refractivity contribution in [1.82, 2.24) is 9.62 Å². The Hall–Kier alpha value is -1.56. The molecule has 0 aliphatic carbocycles. The summed E-state index contributed by atoms with van der Waals surface area (Å²) in [7, 11) is -7.49. The first-order valence-electron chi connectivity index (χ1n) is 6.91. The van der Waals surface area contributed by atoms with E-state index in [0.717, 1.165) is 10.4 Å². The number of para-hydroxylation sites is 1. The highest BCUT2D eigenvalue weighted by Crippen LogP contribution is 2.31. The summed E-state index contributed by atoms with van der Waals surface area (Å²) in [6.45, 7) is 0.377. The van der Waals surface area contributed by atoms with Gasteiger partial charge in [0, 0.05) is 25.2 Å². The number of nitrogens with zero attached hydrogens (tertiary/aromatic N) is 2. The van der Waals surface area contributed by atoms with E-state index in [1.54, 1.807) is 0 Å². The first-order valence-corrected chi connectivity index (χ1v) is 10.2. The number of sulfonamides is 1. The standard InChI is InChI=1S/C12H15N3O6S2/c16-15(17)10-3-1-2-4-12(10)23(20,21)14-6-5-13-9-7-22(18,19)8-11(9)14/h1-4,9,11,13H,5-8H2/t9-,11+/m0/s1. The normalized spacial score (nSPS) is 27.5. The van der Waals surface area contributed by atoms with Crippen LogP contribution in [0.1, 0.15) is 0 Å². The SMILES string of the molecule is O=[N+]([O-])c1ccccc1S(=O)(=O)N1CCN[C@H]2CS(=O)(=O)C[C@H]21. The molecule has 2 saturated heterocycles. The van der Waals surface area contributed by atoms with E-state index in [2.05, 4.69) is 5.32 Å². The predicted octanol–water partition coefficient (Wildman–Crippen LogP) is -0.646. The molecule has 0 unspecified atom stereocenters. The molecule has 2 fully saturated rings. The summed E-state index contributed by atoms with van der Waals surface area (Å²) in [5, 5.41) is 14.1. The van der Waals surface area contributed by atoms with Crippen molar-refractivity contribution in [3.05, 3.63) is 34.4 Å². The highest BCUT2D eigenvalue weighted by molar-refractivity contribution is 7.92. The number of benzene rings is 1. The molecular formula is C12H15N3O6S2. The topological polar surface area (TPSA) is 127 Å². The van der Waals surface area contributed by atoms with Crippen LogP contribution in [0.3, 0.4) is 0 Å². The first-order chi connectivity index (χ1) is 10.7. The van der Waals surface area contributed by atoms with E-state index in [0.29, 0.717) is 6.54 Å². The van der Waals surface area contributed by atoms with Crippen molar-refractivity contribution in [3.63, 3.8) is 0 Å². The number of nitrogens with one attached hydrogen (secondary N) is 1. The summed E-state index contributed by atoms with van der Waals surface area (Å²) in [5.74, 6) is -0.398. The zero-order chi connectivity index (χ0) is 16.8. The van der Waals surface area contributed by atoms with Crippen LogP contribution in [-0.4, -0.2) is 62.7 Å². The van der Waals surface area contributed by atoms with Crippen molar-refractivity contribution >= 4 is 25.5 Å². The Morgan fingerprint density at radius 2 is 1.96 bits per heavy atom. The van der Waals surface area contributed by atoms with E-state index in [1.165, 1.54) is 18.2 Å². The molecule has 11 heteroatoms. The van der Waals surface area contributed by atoms with Crippen molar-refractivity contribution < 1.29 is 21.8 Å². The van der Waals surface area contributed by atoms with Crippen LogP contribution < -0.4 is 5.32 Å². The van der Waals surface area contributed by atoms with Crippen LogP contribution in [0.2, 0.25) is 0 Å². The van der Waals surface area contributed by atoms with Crippen molar-refractivity contribution in [1.29, 1.82) is 0 Å². The minimum absolute atomic E-state index is 0.0745. The molecular weight excluding hydrogens is 346 g/mol. The average Bonchev–Trinajstić information content (AvgIpc) is 2.80. The Labute approximate surface area is 133 Å². The molecule has 9 nitrogen and oxygen atoms in total. The number of nitro benzene ring substituents is 1. The van der Waals surface area contributed by atoms with E-state index >= 15 is 0 Å². The van der Waals surface area contributed by atoms with Gasteiger partial charge < -0.3 is 5.32 Å². The van der Waals surface area contributed by atoms with E-state index in [1.807, 2.05) is 0 Å². The fourth-order valence-corrected chi connectivity index (χ4v) is 6.95. The second-order valence-electron chi connectivity index (χ2n) is 5.55. The van der Waals surface area contributed by atoms with Crippen LogP contribution in [0.25, 0.3) is 0 Å². The summed E-state index contributed by atoms with van der Waals surface area (Å²) < 4.78 is 50.4. The highest BCUT2D eigenvalue weighted by atomic mass is 32.2. The third-order valence-electron chi connectivity index (χ3n) is 4.08. The Kier molecular flexibility index (Phi) is 3.91. The van der Waals surface area contributed by atoms with Gasteiger partial charge in [0.2, 0.25) is 10.0 Å². The molecule has 2 aliphatic rings. The number of piperazine rings is 1. The van der Waals surface area contributed by atoms with Crippen LogP contribution in [0.5, 0.6) is 0 Å². The van der Waals surface area contributed by atoms with Gasteiger partial charge in [-0.3, -0.25) is 10.1 Å². The average molecular weight is 361 g/mol. The van der Waals surface area contributed by atoms with Gasteiger partial charge in [-0.2, -0.15) is 4.31 Å². The van der Waals surface area contributed by atoms with Crippen molar-refractivity contribution in [2.45, 2.75) is 17.0 Å². The zero-order valence-electron chi connectivity index (χ0n) is 12.0. The Balaban J connectivity index is 2.05. The Bertz CT molecular complexity index is 851. The first kappa shape index (κ1) is 16.3. The van der Waals surface area contributed by atoms with Crippen LogP contribution in [0.4, 0.5) is 5.69 Å². The van der Waals surface area contributed by atoms with Gasteiger partial charge in [-0.1, -0.05) is 12.1 Å². The van der Waals surface area contributed by atoms with Gasteiger partial charge in [-0.05, 0) is 6.07 Å². The fraction of sp³-hybridized carbons (Fsp3) is 0.500. The Morgan fingerprint density at radius 1 is 1.26 bits per heavy atom. The van der Waals surface area contributed by atoms with Crippen LogP contribution in [-0.2, 0) is 19.9 Å². The molecule has 0 aromatic heterocycles. The fourth-order valence-electron chi connectivity index (χ4n) is 3.08. The molecule has 0 amide bonds. The van der Waals surface area contributed by atoms with Crippen molar-refractivity contribution in [2.75, 3.05) is 24.6 Å². The molecule has 2 heterocycles. The largest absolute Gasteiger partial charge is 0.310 e. The molecule has 0 bridgehead atoms. The quantitative estimate of drug-likeness (QED) is 0.560. The van der Waals surface area contributed by atoms with Gasteiger partial charge >= 0.3 is 0 Å². The van der Waals surface area contributed by atoms with Gasteiger partial charge in [-0.25, -0.2) is 16.8 Å². The van der Waals surface area contributed by atoms with Gasteiger partial charge in [0.25, 0.3) is 5.69 Å². The minimum atomic E-state index is -4.15. The number of nitro groups is 1. The molecule has 1 N–H and O–H groups in total. The lowest BCUT2D eigenvalue weighted by Crippen LogP contribution is -2.58. The summed E-state index contributed by atoms with van der Waals surface area (Å²) in [5.41, 5.74) is -0.511. The molecule has 3 rings (SSSR count). The second-order valence-corrected chi connectivity index (χ2v) is 9.56. The molecule has 2 aliphatic heterocycles. The van der Waals surface area contributed by atoms with E-state index in [4.69, 9.17) is 0 Å². The number of hydrogen-bond acceptors (Lipinski definition) is 7. The van der Waals surface area contributed by atoms with Gasteiger partial charge in [-0.15, -0.1) is 0 Å². The second kappa shape index (κ2) is 5.51. The number of hydrogen-bond donors (Lipinski definition) is 1. The summed E-state index contributed by atoms with van der Waals surface area (Å²) in [6.07, 6.45) is 0. The lowest BCUT2D eigenvalue weighted by molar-refractivity contribution is -0.387. The molecule has 23 heavy (non-hydrogen) atoms. The number of rotatable bonds is 3. The molecule has 1 aromatic rings. The van der Waals surface area contributed by atoms with E-state index in [9.17, 15) is 26.9 Å². The van der Waals surface area contributed by atoms with E-state index in [-0.39, 0.29) is 18.1 Å². The van der Waals surface area contributed by atoms with Gasteiger partial charge in [0.15, 0.2) is 14.7 Å². The van der Waals surface area contributed by atoms with Crippen LogP contribution >= 0.6 is 0 Å². The lowest BCUT2D eigenvalue weighted by Gasteiger charge is -2.36. The smallest absolute Gasteiger partial charge is 0.289 e. The van der Waals surface area contributed by atoms with Crippen molar-refractivity contribution in [2.24, 2.45) is 0 Å². The number of sulfone groups is 1. The maximum Gasteiger partial charge on any atom is 0.289 e. The molecule has 126 valence electrons. The maximum atomic E-state index is 12.9. The van der Waals surface area contributed by atoms with Crippen LogP contribution in [0.15, 0.2) is 29.2 Å². The lowest BCUT2D eigenvalue weighted by atomic mass is 10.1. The molecule has 0 spiro atoms. The molecule has 0 radical (unpaired) electrons. The Morgan fingerprint density at radius 3 is 2.65 bits per heavy atom. The highest BCUT2D eigenvalue weighted by Gasteiger charge is 2.48. The molecule has 2 atom stereocenters. The zero-order valence-corrected chi connectivity index (χ0v) is 13.6. The predicted molar refractivity (Wildman–Crippen MR) is 81.2 cm³/mol. The van der Waals surface area contributed by atoms with Crippen LogP contribution in [0, 0.1) is 10.1 Å². The van der Waals surface area contributed by atoms with Gasteiger partial charge in [0.1, 0.15) is 0 Å². The third-order valence-corrected chi connectivity index (χ3v) is 7.77. The molecule has 0 saturated carbocycles. The minimum Gasteiger partial charge on any atom is -0.310 e. The molecule has 1 aromatic carbocycles. The summed E-state index contributed by atoms with van der Waals surface area (Å²) in [6, 6.07) is 3.87. The van der Waals surface area contributed by atoms with Crippen molar-refractivity contribution in [3.8, 4) is 0 Å². The maximum absolute atomic E-state index is 12.9.